The minimum Gasteiger partial charge on any atom is -0.272 e. The zero-order valence-corrected chi connectivity index (χ0v) is 21.3. The predicted molar refractivity (Wildman–Crippen MR) is 144 cm³/mol. The third-order valence-electron chi connectivity index (χ3n) is 6.03. The first-order valence-corrected chi connectivity index (χ1v) is 13.5. The van der Waals surface area contributed by atoms with E-state index in [0.717, 1.165) is 63.8 Å². The molecule has 0 unspecified atom stereocenters. The largest absolute Gasteiger partial charge is 0.272 e. The zero-order chi connectivity index (χ0) is 24.4. The first-order chi connectivity index (χ1) is 17.0. The number of nitrogens with zero attached hydrogens (tertiary/aromatic N) is 3. The lowest BCUT2D eigenvalue weighted by Gasteiger charge is -2.13. The van der Waals surface area contributed by atoms with E-state index in [1.165, 1.54) is 16.6 Å². The average Bonchev–Trinajstić information content (AvgIpc) is 3.22. The zero-order valence-electron chi connectivity index (χ0n) is 19.7. The van der Waals surface area contributed by atoms with Gasteiger partial charge in [-0.2, -0.15) is 5.10 Å². The van der Waals surface area contributed by atoms with Gasteiger partial charge in [0.05, 0.1) is 23.0 Å². The van der Waals surface area contributed by atoms with E-state index in [0.29, 0.717) is 5.16 Å². The first-order valence-electron chi connectivity index (χ1n) is 11.7. The number of thiophene rings is 1. The summed E-state index contributed by atoms with van der Waals surface area (Å²) in [5, 5.41) is 5.33. The molecule has 0 bridgehead atoms. The molecule has 0 aliphatic heterocycles. The smallest absolute Gasteiger partial charge is 0.267 e. The van der Waals surface area contributed by atoms with E-state index < -0.39 is 0 Å². The molecule has 1 aliphatic rings. The molecule has 2 aromatic heterocycles. The second kappa shape index (κ2) is 10.2. The molecule has 35 heavy (non-hydrogen) atoms. The maximum Gasteiger partial charge on any atom is 0.267 e. The summed E-state index contributed by atoms with van der Waals surface area (Å²) in [6.07, 6.45) is 5.80. The van der Waals surface area contributed by atoms with E-state index in [1.54, 1.807) is 22.1 Å². The van der Waals surface area contributed by atoms with Gasteiger partial charge in [0.25, 0.3) is 11.5 Å². The highest BCUT2D eigenvalue weighted by Crippen LogP contribution is 2.35. The van der Waals surface area contributed by atoms with E-state index >= 15 is 0 Å². The summed E-state index contributed by atoms with van der Waals surface area (Å²) in [7, 11) is 0. The molecule has 0 atom stereocenters. The van der Waals surface area contributed by atoms with E-state index in [-0.39, 0.29) is 17.2 Å². The predicted octanol–water partition coefficient (Wildman–Crippen LogP) is 5.19. The molecule has 8 heteroatoms. The Morgan fingerprint density at radius 1 is 1.14 bits per heavy atom. The van der Waals surface area contributed by atoms with Gasteiger partial charge in [-0.25, -0.2) is 10.4 Å². The normalized spacial score (nSPS) is 13.3. The number of aromatic nitrogens is 2. The lowest BCUT2D eigenvalue weighted by Crippen LogP contribution is -2.24. The monoisotopic (exact) mass is 502 g/mol. The number of amides is 1. The number of aryl methyl sites for hydroxylation is 4. The summed E-state index contributed by atoms with van der Waals surface area (Å²) >= 11 is 2.87. The van der Waals surface area contributed by atoms with E-state index in [9.17, 15) is 9.59 Å². The van der Waals surface area contributed by atoms with Crippen LogP contribution in [0.4, 0.5) is 0 Å². The Morgan fingerprint density at radius 3 is 2.74 bits per heavy atom. The van der Waals surface area contributed by atoms with Crippen LogP contribution in [0.5, 0.6) is 0 Å². The quantitative estimate of drug-likeness (QED) is 0.170. The van der Waals surface area contributed by atoms with Gasteiger partial charge in [0.2, 0.25) is 0 Å². The van der Waals surface area contributed by atoms with E-state index in [4.69, 9.17) is 4.98 Å². The van der Waals surface area contributed by atoms with Crippen molar-refractivity contribution < 1.29 is 4.79 Å². The van der Waals surface area contributed by atoms with Gasteiger partial charge < -0.3 is 0 Å². The maximum absolute atomic E-state index is 13.8. The van der Waals surface area contributed by atoms with Crippen LogP contribution in [-0.4, -0.2) is 27.4 Å². The number of hydrogen-bond acceptors (Lipinski definition) is 6. The van der Waals surface area contributed by atoms with Crippen molar-refractivity contribution in [1.82, 2.24) is 15.0 Å². The molecule has 6 nitrogen and oxygen atoms in total. The molecule has 0 spiro atoms. The standard InChI is InChI=1S/C27H26N4O2S2/c1-17-10-12-20(13-11-17)31-26(33)24-21-8-3-4-9-22(21)35-25(24)29-27(31)34-16-23(32)30-28-15-19-7-5-6-18(2)14-19/h5-7,10-15H,3-4,8-9,16H2,1-2H3,(H,30,32)/b28-15+. The van der Waals surface area contributed by atoms with Crippen molar-refractivity contribution in [3.8, 4) is 5.69 Å². The van der Waals surface area contributed by atoms with E-state index in [2.05, 4.69) is 10.5 Å². The van der Waals surface area contributed by atoms with Gasteiger partial charge in [-0.15, -0.1) is 11.3 Å². The molecular weight excluding hydrogens is 476 g/mol. The van der Waals surface area contributed by atoms with Crippen LogP contribution >= 0.6 is 23.1 Å². The summed E-state index contributed by atoms with van der Waals surface area (Å²) < 4.78 is 1.65. The summed E-state index contributed by atoms with van der Waals surface area (Å²) in [6.45, 7) is 4.02. The van der Waals surface area contributed by atoms with Crippen LogP contribution in [0.2, 0.25) is 0 Å². The maximum atomic E-state index is 13.8. The number of nitrogens with one attached hydrogen (secondary N) is 1. The van der Waals surface area contributed by atoms with Gasteiger partial charge in [0, 0.05) is 4.88 Å². The summed E-state index contributed by atoms with van der Waals surface area (Å²) in [6, 6.07) is 15.7. The van der Waals surface area contributed by atoms with Gasteiger partial charge in [-0.3, -0.25) is 14.2 Å². The minimum atomic E-state index is -0.255. The van der Waals surface area contributed by atoms with Gasteiger partial charge in [-0.05, 0) is 62.8 Å². The van der Waals surface area contributed by atoms with Crippen LogP contribution < -0.4 is 11.0 Å². The summed E-state index contributed by atoms with van der Waals surface area (Å²) in [5.41, 5.74) is 7.59. The first kappa shape index (κ1) is 23.5. The summed E-state index contributed by atoms with van der Waals surface area (Å²) in [5.74, 6) is -0.158. The number of thioether (sulfide) groups is 1. The Balaban J connectivity index is 1.43. The minimum absolute atomic E-state index is 0.0568. The van der Waals surface area contributed by atoms with Gasteiger partial charge in [0.1, 0.15) is 4.83 Å². The van der Waals surface area contributed by atoms with E-state index in [1.807, 2.05) is 62.4 Å². The third kappa shape index (κ3) is 5.09. The van der Waals surface area contributed by atoms with Crippen LogP contribution in [0, 0.1) is 13.8 Å². The number of benzene rings is 2. The number of rotatable bonds is 6. The van der Waals surface area contributed by atoms with Crippen LogP contribution in [0.3, 0.4) is 0 Å². The van der Waals surface area contributed by atoms with Crippen molar-refractivity contribution in [3.05, 3.63) is 86.0 Å². The van der Waals surface area contributed by atoms with Crippen molar-refractivity contribution in [1.29, 1.82) is 0 Å². The molecule has 178 valence electrons. The highest BCUT2D eigenvalue weighted by molar-refractivity contribution is 7.99. The van der Waals surface area contributed by atoms with Gasteiger partial charge in [0.15, 0.2) is 5.16 Å². The number of carbonyl (C=O) groups excluding carboxylic acids is 1. The van der Waals surface area contributed by atoms with Crippen molar-refractivity contribution in [3.63, 3.8) is 0 Å². The Morgan fingerprint density at radius 2 is 1.94 bits per heavy atom. The van der Waals surface area contributed by atoms with Crippen molar-refractivity contribution in [2.75, 3.05) is 5.75 Å². The fourth-order valence-electron chi connectivity index (χ4n) is 4.30. The fraction of sp³-hybridized carbons (Fsp3) is 0.259. The molecule has 1 amide bonds. The van der Waals surface area contributed by atoms with Crippen LogP contribution in [-0.2, 0) is 17.6 Å². The molecule has 2 aromatic carbocycles. The molecular formula is C27H26N4O2S2. The number of fused-ring (bicyclic) bond motifs is 3. The van der Waals surface area contributed by atoms with Crippen LogP contribution in [0.25, 0.3) is 15.9 Å². The molecule has 0 saturated heterocycles. The van der Waals surface area contributed by atoms with Gasteiger partial charge >= 0.3 is 0 Å². The van der Waals surface area contributed by atoms with Gasteiger partial charge in [-0.1, -0.05) is 59.3 Å². The molecule has 0 fully saturated rings. The molecule has 0 saturated carbocycles. The Labute approximate surface area is 212 Å². The topological polar surface area (TPSA) is 76.3 Å². The Bertz CT molecular complexity index is 1490. The SMILES string of the molecule is Cc1ccc(-n2c(SCC(=O)N/N=C/c3cccc(C)c3)nc3sc4c(c3c2=O)CCCC4)cc1. The number of carbonyl (C=O) groups is 1. The molecule has 4 aromatic rings. The van der Waals surface area contributed by atoms with Crippen LogP contribution in [0.15, 0.2) is 63.6 Å². The molecule has 1 N–H and O–H groups in total. The van der Waals surface area contributed by atoms with Crippen molar-refractivity contribution in [2.24, 2.45) is 5.10 Å². The third-order valence-corrected chi connectivity index (χ3v) is 8.15. The summed E-state index contributed by atoms with van der Waals surface area (Å²) in [4.78, 5) is 33.2. The number of hydrazone groups is 1. The lowest BCUT2D eigenvalue weighted by atomic mass is 9.97. The fourth-order valence-corrected chi connectivity index (χ4v) is 6.40. The molecule has 2 heterocycles. The molecule has 5 rings (SSSR count). The highest BCUT2D eigenvalue weighted by atomic mass is 32.2. The second-order valence-electron chi connectivity index (χ2n) is 8.76. The molecule has 1 aliphatic carbocycles. The Hall–Kier alpha value is -3.23. The molecule has 0 radical (unpaired) electrons. The van der Waals surface area contributed by atoms with Crippen molar-refractivity contribution in [2.45, 2.75) is 44.7 Å². The lowest BCUT2D eigenvalue weighted by molar-refractivity contribution is -0.118. The highest BCUT2D eigenvalue weighted by Gasteiger charge is 2.23. The van der Waals surface area contributed by atoms with Crippen molar-refractivity contribution >= 4 is 45.4 Å². The Kier molecular flexibility index (Phi) is 6.83. The number of hydrogen-bond donors (Lipinski definition) is 1. The average molecular weight is 503 g/mol. The van der Waals surface area contributed by atoms with Crippen LogP contribution in [0.1, 0.15) is 40.0 Å². The second-order valence-corrected chi connectivity index (χ2v) is 10.8.